The van der Waals surface area contributed by atoms with Crippen molar-refractivity contribution in [3.63, 3.8) is 0 Å². The lowest BCUT2D eigenvalue weighted by molar-refractivity contribution is 0.430. The van der Waals surface area contributed by atoms with Gasteiger partial charge in [0.15, 0.2) is 11.6 Å². The number of aromatic nitrogens is 3. The van der Waals surface area contributed by atoms with Crippen molar-refractivity contribution in [2.45, 2.75) is 25.9 Å². The minimum Gasteiger partial charge on any atom is -0.312 e. The van der Waals surface area contributed by atoms with E-state index in [4.69, 9.17) is 0 Å². The van der Waals surface area contributed by atoms with Gasteiger partial charge in [0, 0.05) is 19.5 Å². The standard InChI is InChI=1S/C13H14F2N4/c1-8-13-18-17-12(19(13)5-4-16-8)7-9-2-3-10(14)11(15)6-9/h2-3,6,8,16H,4-5,7H2,1H3. The van der Waals surface area contributed by atoms with Gasteiger partial charge >= 0.3 is 0 Å². The van der Waals surface area contributed by atoms with Crippen molar-refractivity contribution < 1.29 is 8.78 Å². The van der Waals surface area contributed by atoms with Crippen molar-refractivity contribution in [2.24, 2.45) is 0 Å². The van der Waals surface area contributed by atoms with Crippen molar-refractivity contribution in [1.29, 1.82) is 0 Å². The van der Waals surface area contributed by atoms with Crippen LogP contribution in [0.2, 0.25) is 0 Å². The molecule has 2 heterocycles. The Morgan fingerprint density at radius 3 is 2.95 bits per heavy atom. The predicted octanol–water partition coefficient (Wildman–Crippen LogP) is 1.81. The van der Waals surface area contributed by atoms with Crippen molar-refractivity contribution in [3.05, 3.63) is 47.0 Å². The number of hydrogen-bond acceptors (Lipinski definition) is 3. The van der Waals surface area contributed by atoms with Crippen LogP contribution < -0.4 is 5.32 Å². The molecule has 1 aliphatic heterocycles. The minimum absolute atomic E-state index is 0.167. The van der Waals surface area contributed by atoms with Crippen LogP contribution in [-0.4, -0.2) is 21.3 Å². The number of halogens is 2. The Morgan fingerprint density at radius 1 is 1.32 bits per heavy atom. The van der Waals surface area contributed by atoms with E-state index in [1.165, 1.54) is 6.07 Å². The largest absolute Gasteiger partial charge is 0.312 e. The Bertz CT molecular complexity index is 609. The van der Waals surface area contributed by atoms with Gasteiger partial charge in [-0.25, -0.2) is 8.78 Å². The van der Waals surface area contributed by atoms with Crippen LogP contribution in [0.5, 0.6) is 0 Å². The fourth-order valence-electron chi connectivity index (χ4n) is 2.36. The summed E-state index contributed by atoms with van der Waals surface area (Å²) in [6, 6.07) is 4.09. The molecule has 100 valence electrons. The highest BCUT2D eigenvalue weighted by atomic mass is 19.2. The molecule has 0 radical (unpaired) electrons. The normalized spacial score (nSPS) is 18.4. The number of rotatable bonds is 2. The van der Waals surface area contributed by atoms with E-state index in [0.717, 1.165) is 30.8 Å². The van der Waals surface area contributed by atoms with Gasteiger partial charge in [-0.3, -0.25) is 0 Å². The molecule has 1 unspecified atom stereocenters. The van der Waals surface area contributed by atoms with E-state index in [2.05, 4.69) is 15.5 Å². The number of fused-ring (bicyclic) bond motifs is 1. The van der Waals surface area contributed by atoms with Crippen molar-refractivity contribution in [2.75, 3.05) is 6.54 Å². The summed E-state index contributed by atoms with van der Waals surface area (Å²) in [5.41, 5.74) is 0.695. The van der Waals surface area contributed by atoms with E-state index in [1.807, 2.05) is 11.5 Å². The summed E-state index contributed by atoms with van der Waals surface area (Å²) in [5.74, 6) is 0.0222. The van der Waals surface area contributed by atoms with Gasteiger partial charge in [-0.15, -0.1) is 10.2 Å². The summed E-state index contributed by atoms with van der Waals surface area (Å²) < 4.78 is 28.1. The molecule has 6 heteroatoms. The van der Waals surface area contributed by atoms with Gasteiger partial charge in [0.05, 0.1) is 6.04 Å². The molecule has 1 aliphatic rings. The number of nitrogens with one attached hydrogen (secondary N) is 1. The topological polar surface area (TPSA) is 42.7 Å². The Morgan fingerprint density at radius 2 is 2.16 bits per heavy atom. The second-order valence-corrected chi connectivity index (χ2v) is 4.73. The first kappa shape index (κ1) is 12.2. The molecular formula is C13H14F2N4. The van der Waals surface area contributed by atoms with Gasteiger partial charge in [-0.05, 0) is 24.6 Å². The molecule has 0 saturated carbocycles. The van der Waals surface area contributed by atoms with Gasteiger partial charge in [-0.1, -0.05) is 6.07 Å². The number of benzene rings is 1. The lowest BCUT2D eigenvalue weighted by Crippen LogP contribution is -2.32. The second-order valence-electron chi connectivity index (χ2n) is 4.73. The van der Waals surface area contributed by atoms with Crippen molar-refractivity contribution >= 4 is 0 Å². The molecule has 1 N–H and O–H groups in total. The summed E-state index contributed by atoms with van der Waals surface area (Å²) in [4.78, 5) is 0. The molecule has 0 amide bonds. The van der Waals surface area contributed by atoms with Gasteiger partial charge in [-0.2, -0.15) is 0 Å². The van der Waals surface area contributed by atoms with E-state index in [0.29, 0.717) is 12.0 Å². The number of hydrogen-bond donors (Lipinski definition) is 1. The molecule has 0 spiro atoms. The van der Waals surface area contributed by atoms with Crippen LogP contribution in [0.15, 0.2) is 18.2 Å². The summed E-state index contributed by atoms with van der Waals surface area (Å²) in [6.07, 6.45) is 0.455. The van der Waals surface area contributed by atoms with E-state index in [-0.39, 0.29) is 6.04 Å². The van der Waals surface area contributed by atoms with Crippen LogP contribution in [0.3, 0.4) is 0 Å². The Labute approximate surface area is 109 Å². The Hall–Kier alpha value is -1.82. The molecule has 2 aromatic rings. The zero-order chi connectivity index (χ0) is 13.4. The maximum atomic E-state index is 13.2. The zero-order valence-electron chi connectivity index (χ0n) is 10.5. The van der Waals surface area contributed by atoms with Crippen molar-refractivity contribution in [3.8, 4) is 0 Å². The van der Waals surface area contributed by atoms with Crippen molar-refractivity contribution in [1.82, 2.24) is 20.1 Å². The molecule has 3 rings (SSSR count). The van der Waals surface area contributed by atoms with Crippen LogP contribution in [0.25, 0.3) is 0 Å². The maximum absolute atomic E-state index is 13.2. The lowest BCUT2D eigenvalue weighted by Gasteiger charge is -2.21. The molecule has 1 aromatic heterocycles. The quantitative estimate of drug-likeness (QED) is 0.899. The van der Waals surface area contributed by atoms with E-state index >= 15 is 0 Å². The lowest BCUT2D eigenvalue weighted by atomic mass is 10.1. The van der Waals surface area contributed by atoms with Crippen LogP contribution in [0.1, 0.15) is 30.2 Å². The smallest absolute Gasteiger partial charge is 0.159 e. The molecule has 0 fully saturated rings. The van der Waals surface area contributed by atoms with Crippen LogP contribution in [0, 0.1) is 11.6 Å². The molecule has 4 nitrogen and oxygen atoms in total. The Kier molecular flexibility index (Phi) is 3.02. The number of nitrogens with zero attached hydrogens (tertiary/aromatic N) is 3. The minimum atomic E-state index is -0.829. The fourth-order valence-corrected chi connectivity index (χ4v) is 2.36. The molecule has 0 bridgehead atoms. The third kappa shape index (κ3) is 2.23. The van der Waals surface area contributed by atoms with E-state index in [9.17, 15) is 8.78 Å². The van der Waals surface area contributed by atoms with Crippen LogP contribution >= 0.6 is 0 Å². The highest BCUT2D eigenvalue weighted by Gasteiger charge is 2.21. The van der Waals surface area contributed by atoms with E-state index < -0.39 is 11.6 Å². The van der Waals surface area contributed by atoms with Crippen LogP contribution in [-0.2, 0) is 13.0 Å². The first-order valence-electron chi connectivity index (χ1n) is 6.24. The highest BCUT2D eigenvalue weighted by Crippen LogP contribution is 2.18. The molecular weight excluding hydrogens is 250 g/mol. The summed E-state index contributed by atoms with van der Waals surface area (Å²) in [7, 11) is 0. The summed E-state index contributed by atoms with van der Waals surface area (Å²) in [5, 5.41) is 11.6. The average Bonchev–Trinajstić information content (AvgIpc) is 2.79. The highest BCUT2D eigenvalue weighted by molar-refractivity contribution is 5.22. The Balaban J connectivity index is 1.89. The zero-order valence-corrected chi connectivity index (χ0v) is 10.5. The first-order chi connectivity index (χ1) is 9.15. The fraction of sp³-hybridized carbons (Fsp3) is 0.385. The SMILES string of the molecule is CC1NCCn2c(Cc3ccc(F)c(F)c3)nnc21. The van der Waals surface area contributed by atoms with Crippen LogP contribution in [0.4, 0.5) is 8.78 Å². The third-order valence-electron chi connectivity index (χ3n) is 3.38. The predicted molar refractivity (Wildman–Crippen MR) is 65.6 cm³/mol. The molecule has 0 saturated heterocycles. The van der Waals surface area contributed by atoms with Gasteiger partial charge < -0.3 is 9.88 Å². The monoisotopic (exact) mass is 264 g/mol. The average molecular weight is 264 g/mol. The molecule has 1 atom stereocenters. The third-order valence-corrected chi connectivity index (χ3v) is 3.38. The molecule has 1 aromatic carbocycles. The molecule has 19 heavy (non-hydrogen) atoms. The van der Waals surface area contributed by atoms with Gasteiger partial charge in [0.1, 0.15) is 11.6 Å². The first-order valence-corrected chi connectivity index (χ1v) is 6.24. The second kappa shape index (κ2) is 4.70. The van der Waals surface area contributed by atoms with Gasteiger partial charge in [0.25, 0.3) is 0 Å². The summed E-state index contributed by atoms with van der Waals surface area (Å²) >= 11 is 0. The van der Waals surface area contributed by atoms with E-state index in [1.54, 1.807) is 6.07 Å². The van der Waals surface area contributed by atoms with Gasteiger partial charge in [0.2, 0.25) is 0 Å². The molecule has 0 aliphatic carbocycles. The maximum Gasteiger partial charge on any atom is 0.159 e. The summed E-state index contributed by atoms with van der Waals surface area (Å²) in [6.45, 7) is 3.68.